The average molecular weight is 426 g/mol. The number of hydrogen-bond acceptors (Lipinski definition) is 9. The van der Waals surface area contributed by atoms with E-state index in [-0.39, 0.29) is 23.5 Å². The molecule has 1 amide bonds. The van der Waals surface area contributed by atoms with E-state index in [0.29, 0.717) is 28.8 Å². The van der Waals surface area contributed by atoms with E-state index in [1.165, 1.54) is 10.8 Å². The van der Waals surface area contributed by atoms with Gasteiger partial charge in [0, 0.05) is 36.0 Å². The number of anilines is 3. The maximum atomic E-state index is 12.3. The Morgan fingerprint density at radius 2 is 1.87 bits per heavy atom. The maximum absolute atomic E-state index is 12.3. The van der Waals surface area contributed by atoms with Gasteiger partial charge in [0.15, 0.2) is 11.5 Å². The maximum Gasteiger partial charge on any atom is 0.256 e. The van der Waals surface area contributed by atoms with Gasteiger partial charge < -0.3 is 31.6 Å². The Morgan fingerprint density at radius 3 is 2.52 bits per heavy atom. The predicted molar refractivity (Wildman–Crippen MR) is 116 cm³/mol. The molecule has 0 aliphatic heterocycles. The summed E-state index contributed by atoms with van der Waals surface area (Å²) >= 11 is 0. The zero-order valence-corrected chi connectivity index (χ0v) is 17.5. The minimum Gasteiger partial charge on any atom is -0.497 e. The summed E-state index contributed by atoms with van der Waals surface area (Å²) in [6.45, 7) is 0. The Bertz CT molecular complexity index is 1080. The molecule has 4 rings (SSSR count). The lowest BCUT2D eigenvalue weighted by atomic mass is 9.91. The van der Waals surface area contributed by atoms with Gasteiger partial charge in [-0.2, -0.15) is 14.6 Å². The number of benzene rings is 1. The molecular weight excluding hydrogens is 400 g/mol. The van der Waals surface area contributed by atoms with Crippen LogP contribution in [0.3, 0.4) is 0 Å². The molecule has 31 heavy (non-hydrogen) atoms. The van der Waals surface area contributed by atoms with E-state index in [2.05, 4.69) is 25.7 Å². The van der Waals surface area contributed by atoms with Crippen molar-refractivity contribution in [3.8, 4) is 11.5 Å². The molecule has 1 saturated carbocycles. The lowest BCUT2D eigenvalue weighted by Gasteiger charge is -2.29. The molecule has 2 heterocycles. The van der Waals surface area contributed by atoms with E-state index in [9.17, 15) is 4.79 Å². The average Bonchev–Trinajstić information content (AvgIpc) is 3.24. The van der Waals surface area contributed by atoms with Crippen molar-refractivity contribution in [3.05, 3.63) is 30.1 Å². The standard InChI is InChI=1S/C20H26N8O3/c1-30-12-7-11(8-13(9-12)31-2)25-18-16(17(22)29)19-23-10-24-28(19)20(27-18)26-15-6-4-3-5-14(15)21/h7-10,14-15,25H,3-6,21H2,1-2H3,(H2,22,29)(H,26,27)/t14-,15?/m1/s1. The third-order valence-electron chi connectivity index (χ3n) is 5.42. The molecule has 1 aromatic carbocycles. The summed E-state index contributed by atoms with van der Waals surface area (Å²) in [5.74, 6) is 1.16. The van der Waals surface area contributed by atoms with E-state index >= 15 is 0 Å². The number of aromatic nitrogens is 4. The summed E-state index contributed by atoms with van der Waals surface area (Å²) in [5.41, 5.74) is 13.0. The lowest BCUT2D eigenvalue weighted by Crippen LogP contribution is -2.43. The molecule has 2 aromatic heterocycles. The van der Waals surface area contributed by atoms with Gasteiger partial charge >= 0.3 is 0 Å². The van der Waals surface area contributed by atoms with Crippen LogP contribution >= 0.6 is 0 Å². The molecule has 2 atom stereocenters. The first-order valence-electron chi connectivity index (χ1n) is 10.1. The first-order chi connectivity index (χ1) is 15.0. The number of carbonyl (C=O) groups excluding carboxylic acids is 1. The van der Waals surface area contributed by atoms with E-state index in [0.717, 1.165) is 25.7 Å². The first-order valence-corrected chi connectivity index (χ1v) is 10.1. The van der Waals surface area contributed by atoms with E-state index in [1.807, 2.05) is 0 Å². The fourth-order valence-electron chi connectivity index (χ4n) is 3.81. The Hall–Kier alpha value is -3.60. The second-order valence-corrected chi connectivity index (χ2v) is 7.44. The zero-order chi connectivity index (χ0) is 22.0. The molecule has 0 radical (unpaired) electrons. The number of nitrogens with one attached hydrogen (secondary N) is 2. The third-order valence-corrected chi connectivity index (χ3v) is 5.42. The second kappa shape index (κ2) is 8.64. The summed E-state index contributed by atoms with van der Waals surface area (Å²) in [4.78, 5) is 21.2. The summed E-state index contributed by atoms with van der Waals surface area (Å²) in [6.07, 6.45) is 5.41. The van der Waals surface area contributed by atoms with Gasteiger partial charge in [0.25, 0.3) is 5.91 Å². The van der Waals surface area contributed by atoms with Crippen LogP contribution in [0, 0.1) is 0 Å². The molecular formula is C20H26N8O3. The van der Waals surface area contributed by atoms with Crippen molar-refractivity contribution in [3.63, 3.8) is 0 Å². The van der Waals surface area contributed by atoms with E-state index in [4.69, 9.17) is 20.9 Å². The van der Waals surface area contributed by atoms with Gasteiger partial charge in [-0.15, -0.1) is 0 Å². The van der Waals surface area contributed by atoms with Crippen LogP contribution in [0.5, 0.6) is 11.5 Å². The number of ether oxygens (including phenoxy) is 2. The zero-order valence-electron chi connectivity index (χ0n) is 17.5. The Morgan fingerprint density at radius 1 is 1.16 bits per heavy atom. The van der Waals surface area contributed by atoms with E-state index in [1.54, 1.807) is 32.4 Å². The SMILES string of the molecule is COc1cc(Nc2nc(NC3CCCC[C@H]3N)n3ncnc3c2C(N)=O)cc(OC)c1. The van der Waals surface area contributed by atoms with Gasteiger partial charge in [0.05, 0.1) is 14.2 Å². The summed E-state index contributed by atoms with van der Waals surface area (Å²) < 4.78 is 12.1. The van der Waals surface area contributed by atoms with Gasteiger partial charge in [-0.05, 0) is 12.8 Å². The highest BCUT2D eigenvalue weighted by molar-refractivity contribution is 6.04. The van der Waals surface area contributed by atoms with Crippen molar-refractivity contribution in [2.45, 2.75) is 37.8 Å². The van der Waals surface area contributed by atoms with Crippen LogP contribution < -0.4 is 31.6 Å². The number of amides is 1. The molecule has 0 bridgehead atoms. The molecule has 1 fully saturated rings. The fourth-order valence-corrected chi connectivity index (χ4v) is 3.81. The van der Waals surface area contributed by atoms with Gasteiger partial charge in [0.1, 0.15) is 23.4 Å². The molecule has 11 heteroatoms. The van der Waals surface area contributed by atoms with Gasteiger partial charge in [-0.25, -0.2) is 4.98 Å². The molecule has 0 spiro atoms. The molecule has 3 aromatic rings. The van der Waals surface area contributed by atoms with Gasteiger partial charge in [-0.3, -0.25) is 4.79 Å². The predicted octanol–water partition coefficient (Wildman–Crippen LogP) is 1.67. The summed E-state index contributed by atoms with van der Waals surface area (Å²) in [5, 5.41) is 10.7. The van der Waals surface area contributed by atoms with Crippen molar-refractivity contribution in [1.29, 1.82) is 0 Å². The van der Waals surface area contributed by atoms with Crippen LogP contribution in [0.4, 0.5) is 17.5 Å². The first kappa shape index (κ1) is 20.7. The van der Waals surface area contributed by atoms with Crippen LogP contribution in [-0.4, -0.2) is 51.8 Å². The molecule has 1 aliphatic carbocycles. The number of nitrogens with zero attached hydrogens (tertiary/aromatic N) is 4. The fraction of sp³-hybridized carbons (Fsp3) is 0.400. The van der Waals surface area contributed by atoms with Crippen LogP contribution in [0.25, 0.3) is 5.65 Å². The molecule has 6 N–H and O–H groups in total. The highest BCUT2D eigenvalue weighted by atomic mass is 16.5. The van der Waals surface area contributed by atoms with Crippen LogP contribution in [0.2, 0.25) is 0 Å². The number of carbonyl (C=O) groups is 1. The van der Waals surface area contributed by atoms with Crippen molar-refractivity contribution in [2.75, 3.05) is 24.9 Å². The van der Waals surface area contributed by atoms with Crippen molar-refractivity contribution >= 4 is 29.0 Å². The van der Waals surface area contributed by atoms with Crippen molar-refractivity contribution in [2.24, 2.45) is 11.5 Å². The molecule has 11 nitrogen and oxygen atoms in total. The Labute approximate surface area is 179 Å². The second-order valence-electron chi connectivity index (χ2n) is 7.44. The van der Waals surface area contributed by atoms with Crippen molar-refractivity contribution in [1.82, 2.24) is 19.6 Å². The van der Waals surface area contributed by atoms with Crippen LogP contribution in [0.1, 0.15) is 36.0 Å². The third kappa shape index (κ3) is 4.17. The lowest BCUT2D eigenvalue weighted by molar-refractivity contribution is 0.100. The topological polar surface area (TPSA) is 155 Å². The number of methoxy groups -OCH3 is 2. The van der Waals surface area contributed by atoms with Crippen molar-refractivity contribution < 1.29 is 14.3 Å². The molecule has 1 unspecified atom stereocenters. The highest BCUT2D eigenvalue weighted by Crippen LogP contribution is 2.30. The smallest absolute Gasteiger partial charge is 0.256 e. The molecule has 1 aliphatic rings. The minimum absolute atomic E-state index is 0.00370. The number of hydrogen-bond donors (Lipinski definition) is 4. The quantitative estimate of drug-likeness (QED) is 0.441. The largest absolute Gasteiger partial charge is 0.497 e. The van der Waals surface area contributed by atoms with Crippen LogP contribution in [0.15, 0.2) is 24.5 Å². The monoisotopic (exact) mass is 426 g/mol. The van der Waals surface area contributed by atoms with Gasteiger partial charge in [-0.1, -0.05) is 12.8 Å². The minimum atomic E-state index is -0.677. The Kier molecular flexibility index (Phi) is 5.76. The van der Waals surface area contributed by atoms with E-state index < -0.39 is 5.91 Å². The number of primary amides is 1. The van der Waals surface area contributed by atoms with Crippen LogP contribution in [-0.2, 0) is 0 Å². The van der Waals surface area contributed by atoms with Gasteiger partial charge in [0.2, 0.25) is 5.95 Å². The highest BCUT2D eigenvalue weighted by Gasteiger charge is 2.26. The summed E-state index contributed by atoms with van der Waals surface area (Å²) in [6, 6.07) is 5.30. The molecule has 164 valence electrons. The molecule has 0 saturated heterocycles. The number of rotatable bonds is 7. The number of fused-ring (bicyclic) bond motifs is 1. The summed E-state index contributed by atoms with van der Waals surface area (Å²) in [7, 11) is 3.12. The Balaban J connectivity index is 1.78. The normalized spacial score (nSPS) is 18.5. The number of nitrogens with two attached hydrogens (primary N) is 2.